The molecule has 0 saturated carbocycles. The highest BCUT2D eigenvalue weighted by atomic mass is 32.1. The maximum atomic E-state index is 12.8. The summed E-state index contributed by atoms with van der Waals surface area (Å²) >= 11 is 1.47. The molecule has 1 aromatic carbocycles. The van der Waals surface area contributed by atoms with E-state index in [1.54, 1.807) is 6.08 Å². The van der Waals surface area contributed by atoms with E-state index in [2.05, 4.69) is 28.4 Å². The van der Waals surface area contributed by atoms with E-state index in [1.165, 1.54) is 34.7 Å². The second-order valence-corrected chi connectivity index (χ2v) is 8.99. The summed E-state index contributed by atoms with van der Waals surface area (Å²) in [5.41, 5.74) is 4.75. The van der Waals surface area contributed by atoms with Gasteiger partial charge in [-0.25, -0.2) is 0 Å². The van der Waals surface area contributed by atoms with Crippen LogP contribution in [0.15, 0.2) is 23.8 Å². The molecule has 1 aliphatic heterocycles. The highest BCUT2D eigenvalue weighted by Gasteiger charge is 2.23. The third-order valence-electron chi connectivity index (χ3n) is 5.90. The van der Waals surface area contributed by atoms with Gasteiger partial charge >= 0.3 is 0 Å². The number of hydrogen-bond donors (Lipinski definition) is 1. The van der Waals surface area contributed by atoms with Crippen LogP contribution in [0.1, 0.15) is 52.8 Å². The molecule has 0 atom stereocenters. The Hall–Kier alpha value is -3.09. The van der Waals surface area contributed by atoms with E-state index >= 15 is 0 Å². The van der Waals surface area contributed by atoms with Gasteiger partial charge in [-0.05, 0) is 80.3 Å². The number of fused-ring (bicyclic) bond motifs is 1. The average molecular weight is 417 g/mol. The minimum Gasteiger partial charge on any atom is -0.372 e. The summed E-state index contributed by atoms with van der Waals surface area (Å²) in [6.45, 7) is 4.15. The monoisotopic (exact) mass is 416 g/mol. The molecule has 0 radical (unpaired) electrons. The van der Waals surface area contributed by atoms with Gasteiger partial charge in [-0.15, -0.1) is 11.3 Å². The highest BCUT2D eigenvalue weighted by molar-refractivity contribution is 7.16. The van der Waals surface area contributed by atoms with E-state index in [0.717, 1.165) is 55.5 Å². The van der Waals surface area contributed by atoms with Gasteiger partial charge in [0.1, 0.15) is 22.7 Å². The van der Waals surface area contributed by atoms with Crippen LogP contribution in [0.25, 0.3) is 6.08 Å². The molecule has 2 aromatic rings. The van der Waals surface area contributed by atoms with Gasteiger partial charge in [0.15, 0.2) is 0 Å². The molecule has 1 saturated heterocycles. The van der Waals surface area contributed by atoms with Crippen LogP contribution in [0.5, 0.6) is 0 Å². The van der Waals surface area contributed by atoms with Gasteiger partial charge in [0.25, 0.3) is 5.91 Å². The van der Waals surface area contributed by atoms with Crippen LogP contribution in [0.3, 0.4) is 0 Å². The lowest BCUT2D eigenvalue weighted by Crippen LogP contribution is -2.17. The molecule has 4 rings (SSSR count). The Morgan fingerprint density at radius 2 is 1.93 bits per heavy atom. The Kier molecular flexibility index (Phi) is 5.88. The van der Waals surface area contributed by atoms with Crippen LogP contribution in [0.4, 0.5) is 10.7 Å². The van der Waals surface area contributed by atoms with Crippen LogP contribution >= 0.6 is 11.3 Å². The number of carbonyl (C=O) groups is 1. The molecule has 0 bridgehead atoms. The van der Waals surface area contributed by atoms with Crippen LogP contribution in [-0.4, -0.2) is 19.0 Å². The first-order chi connectivity index (χ1) is 14.6. The quantitative estimate of drug-likeness (QED) is 0.565. The Labute approximate surface area is 181 Å². The molecule has 2 aliphatic rings. The molecule has 6 heteroatoms. The molecular weight excluding hydrogens is 392 g/mol. The fourth-order valence-electron chi connectivity index (χ4n) is 4.24. The molecule has 0 spiro atoms. The Bertz CT molecular complexity index is 1090. The molecule has 30 heavy (non-hydrogen) atoms. The van der Waals surface area contributed by atoms with Crippen molar-refractivity contribution in [1.82, 2.24) is 0 Å². The van der Waals surface area contributed by atoms with Gasteiger partial charge in [-0.2, -0.15) is 10.5 Å². The van der Waals surface area contributed by atoms with Crippen molar-refractivity contribution in [3.05, 3.63) is 50.9 Å². The largest absolute Gasteiger partial charge is 0.372 e. The molecular formula is C24H24N4OS. The number of nitrogens with zero attached hydrogens (tertiary/aromatic N) is 3. The smallest absolute Gasteiger partial charge is 0.266 e. The zero-order valence-electron chi connectivity index (χ0n) is 17.1. The molecule has 0 unspecified atom stereocenters. The second kappa shape index (κ2) is 8.73. The summed E-state index contributed by atoms with van der Waals surface area (Å²) in [4.78, 5) is 16.3. The highest BCUT2D eigenvalue weighted by Crippen LogP contribution is 2.37. The van der Waals surface area contributed by atoms with Crippen LogP contribution in [0.2, 0.25) is 0 Å². The Balaban J connectivity index is 1.56. The van der Waals surface area contributed by atoms with Gasteiger partial charge < -0.3 is 10.2 Å². The first-order valence-electron chi connectivity index (χ1n) is 10.4. The summed E-state index contributed by atoms with van der Waals surface area (Å²) < 4.78 is 0. The number of carbonyl (C=O) groups excluding carboxylic acids is 1. The van der Waals surface area contributed by atoms with Crippen LogP contribution in [0, 0.1) is 29.6 Å². The number of nitrogens with one attached hydrogen (secondary N) is 1. The topological polar surface area (TPSA) is 79.9 Å². The minimum atomic E-state index is -0.462. The van der Waals surface area contributed by atoms with Gasteiger partial charge in [0.05, 0.1) is 5.56 Å². The number of thiophene rings is 1. The molecule has 1 amide bonds. The van der Waals surface area contributed by atoms with Crippen molar-refractivity contribution >= 4 is 34.0 Å². The first kappa shape index (κ1) is 20.2. The first-order valence-corrected chi connectivity index (χ1v) is 11.3. The Morgan fingerprint density at radius 3 is 2.63 bits per heavy atom. The van der Waals surface area contributed by atoms with Gasteiger partial charge in [0.2, 0.25) is 0 Å². The van der Waals surface area contributed by atoms with Gasteiger partial charge in [0, 0.05) is 23.7 Å². The normalized spacial score (nSPS) is 16.0. The molecule has 1 aliphatic carbocycles. The van der Waals surface area contributed by atoms with E-state index in [4.69, 9.17) is 0 Å². The van der Waals surface area contributed by atoms with E-state index < -0.39 is 5.91 Å². The van der Waals surface area contributed by atoms with Gasteiger partial charge in [-0.1, -0.05) is 6.07 Å². The third kappa shape index (κ3) is 3.97. The standard InChI is InChI=1S/C24H24N4OS/c1-16-12-19(28-10-4-5-11-28)9-8-17(16)13-18(14-25)23(29)27-24-21(15-26)20-6-2-3-7-22(20)30-24/h8-9,12-13H,2-7,10-11H2,1H3,(H,27,29)/b18-13+. The summed E-state index contributed by atoms with van der Waals surface area (Å²) in [5, 5.41) is 22.6. The zero-order valence-corrected chi connectivity index (χ0v) is 17.9. The Morgan fingerprint density at radius 1 is 1.17 bits per heavy atom. The van der Waals surface area contributed by atoms with Gasteiger partial charge in [-0.3, -0.25) is 4.79 Å². The number of benzene rings is 1. The molecule has 5 nitrogen and oxygen atoms in total. The summed E-state index contributed by atoms with van der Waals surface area (Å²) in [6.07, 6.45) is 8.09. The number of rotatable bonds is 4. The molecule has 1 aromatic heterocycles. The molecule has 2 heterocycles. The lowest BCUT2D eigenvalue weighted by molar-refractivity contribution is -0.112. The maximum absolute atomic E-state index is 12.8. The number of anilines is 2. The van der Waals surface area contributed by atoms with E-state index in [0.29, 0.717) is 10.6 Å². The van der Waals surface area contributed by atoms with Crippen molar-refractivity contribution < 1.29 is 4.79 Å². The number of aryl methyl sites for hydroxylation is 2. The summed E-state index contributed by atoms with van der Waals surface area (Å²) in [5.74, 6) is -0.462. The van der Waals surface area contributed by atoms with Crippen LogP contribution < -0.4 is 10.2 Å². The maximum Gasteiger partial charge on any atom is 0.266 e. The van der Waals surface area contributed by atoms with Crippen LogP contribution in [-0.2, 0) is 17.6 Å². The third-order valence-corrected chi connectivity index (χ3v) is 7.11. The summed E-state index contributed by atoms with van der Waals surface area (Å²) in [6, 6.07) is 10.4. The number of amides is 1. The van der Waals surface area contributed by atoms with Crippen molar-refractivity contribution in [2.24, 2.45) is 0 Å². The lowest BCUT2D eigenvalue weighted by Gasteiger charge is -2.18. The summed E-state index contributed by atoms with van der Waals surface area (Å²) in [7, 11) is 0. The van der Waals surface area contributed by atoms with E-state index in [-0.39, 0.29) is 5.57 Å². The van der Waals surface area contributed by atoms with Crippen molar-refractivity contribution in [3.63, 3.8) is 0 Å². The number of nitriles is 2. The van der Waals surface area contributed by atoms with Crippen molar-refractivity contribution in [2.75, 3.05) is 23.3 Å². The lowest BCUT2D eigenvalue weighted by atomic mass is 9.96. The molecule has 1 fully saturated rings. The van der Waals surface area contributed by atoms with Crippen molar-refractivity contribution in [3.8, 4) is 12.1 Å². The molecule has 152 valence electrons. The molecule has 1 N–H and O–H groups in total. The minimum absolute atomic E-state index is 0.0438. The number of hydrogen-bond acceptors (Lipinski definition) is 5. The van der Waals surface area contributed by atoms with E-state index in [9.17, 15) is 15.3 Å². The fraction of sp³-hybridized carbons (Fsp3) is 0.375. The predicted molar refractivity (Wildman–Crippen MR) is 121 cm³/mol. The SMILES string of the molecule is Cc1cc(N2CCCC2)ccc1/C=C(\C#N)C(=O)Nc1sc2c(c1C#N)CCCC2. The second-order valence-electron chi connectivity index (χ2n) is 7.89. The van der Waals surface area contributed by atoms with E-state index in [1.807, 2.05) is 19.1 Å². The van der Waals surface area contributed by atoms with Crippen molar-refractivity contribution in [1.29, 1.82) is 10.5 Å². The zero-order chi connectivity index (χ0) is 21.1. The predicted octanol–water partition coefficient (Wildman–Crippen LogP) is 4.95. The average Bonchev–Trinajstić information content (AvgIpc) is 3.40. The fourth-order valence-corrected chi connectivity index (χ4v) is 5.48. The van der Waals surface area contributed by atoms with Crippen molar-refractivity contribution in [2.45, 2.75) is 45.4 Å².